The molecule has 0 atom stereocenters. The first-order valence-corrected chi connectivity index (χ1v) is 11.7. The molecule has 176 valence electrons. The summed E-state index contributed by atoms with van der Waals surface area (Å²) in [6.07, 6.45) is 10.4. The number of rotatable bonds is 12. The van der Waals surface area contributed by atoms with Crippen molar-refractivity contribution in [2.75, 3.05) is 23.3 Å². The third kappa shape index (κ3) is 7.18. The summed E-state index contributed by atoms with van der Waals surface area (Å²) >= 11 is 0. The molecule has 1 aliphatic carbocycles. The summed E-state index contributed by atoms with van der Waals surface area (Å²) in [5.41, 5.74) is 8.36. The third-order valence-corrected chi connectivity index (χ3v) is 5.20. The maximum atomic E-state index is 5.70. The molecule has 33 heavy (non-hydrogen) atoms. The summed E-state index contributed by atoms with van der Waals surface area (Å²) in [6.45, 7) is 14.0. The number of aliphatic imine (C=N–C) groups is 2. The Morgan fingerprint density at radius 3 is 2.70 bits per heavy atom. The molecule has 8 nitrogen and oxygen atoms in total. The van der Waals surface area contributed by atoms with Crippen LogP contribution in [0.2, 0.25) is 0 Å². The average molecular weight is 449 g/mol. The molecule has 0 unspecified atom stereocenters. The molecule has 8 heteroatoms. The molecule has 1 fully saturated rings. The Balaban J connectivity index is 1.87. The van der Waals surface area contributed by atoms with Crippen LogP contribution in [0.5, 0.6) is 0 Å². The van der Waals surface area contributed by atoms with Crippen molar-refractivity contribution in [3.63, 3.8) is 0 Å². The number of nitrogens with zero attached hydrogens (tertiary/aromatic N) is 6. The molecule has 0 bridgehead atoms. The highest BCUT2D eigenvalue weighted by molar-refractivity contribution is 6.08. The predicted molar refractivity (Wildman–Crippen MR) is 139 cm³/mol. The van der Waals surface area contributed by atoms with Crippen LogP contribution in [0, 0.1) is 5.92 Å². The van der Waals surface area contributed by atoms with Gasteiger partial charge in [-0.15, -0.1) is 0 Å². The highest BCUT2D eigenvalue weighted by Crippen LogP contribution is 2.32. The van der Waals surface area contributed by atoms with E-state index in [1.54, 1.807) is 12.4 Å². The highest BCUT2D eigenvalue weighted by atomic mass is 15.2. The van der Waals surface area contributed by atoms with Gasteiger partial charge in [0.2, 0.25) is 0 Å². The number of aromatic nitrogens is 3. The fourth-order valence-corrected chi connectivity index (χ4v) is 3.39. The van der Waals surface area contributed by atoms with Crippen molar-refractivity contribution >= 4 is 41.5 Å². The Morgan fingerprint density at radius 1 is 1.27 bits per heavy atom. The Bertz CT molecular complexity index is 992. The van der Waals surface area contributed by atoms with Gasteiger partial charge in [0.05, 0.1) is 17.9 Å². The lowest BCUT2D eigenvalue weighted by Crippen LogP contribution is -2.34. The van der Waals surface area contributed by atoms with Gasteiger partial charge < -0.3 is 16.0 Å². The van der Waals surface area contributed by atoms with Gasteiger partial charge in [0.25, 0.3) is 0 Å². The number of anilines is 3. The maximum Gasteiger partial charge on any atom is 0.162 e. The molecule has 2 heterocycles. The molecular formula is C25H36N8. The second-order valence-electron chi connectivity index (χ2n) is 8.99. The van der Waals surface area contributed by atoms with Gasteiger partial charge in [-0.1, -0.05) is 19.9 Å². The summed E-state index contributed by atoms with van der Waals surface area (Å²) in [5.74, 6) is 2.48. The monoisotopic (exact) mass is 448 g/mol. The number of pyridine rings is 1. The summed E-state index contributed by atoms with van der Waals surface area (Å²) < 4.78 is 0. The van der Waals surface area contributed by atoms with Crippen LogP contribution < -0.4 is 16.0 Å². The van der Waals surface area contributed by atoms with E-state index < -0.39 is 0 Å². The number of hydrogen-bond donors (Lipinski definition) is 2. The minimum absolute atomic E-state index is 0.315. The van der Waals surface area contributed by atoms with Crippen LogP contribution in [0.25, 0.3) is 5.57 Å². The minimum atomic E-state index is 0.315. The summed E-state index contributed by atoms with van der Waals surface area (Å²) in [4.78, 5) is 24.8. The second kappa shape index (κ2) is 11.7. The van der Waals surface area contributed by atoms with E-state index in [2.05, 4.69) is 64.6 Å². The Labute approximate surface area is 197 Å². The van der Waals surface area contributed by atoms with E-state index >= 15 is 0 Å². The number of nitrogens with two attached hydrogens (primary N) is 1. The zero-order valence-corrected chi connectivity index (χ0v) is 20.2. The number of hydrogen-bond acceptors (Lipinski definition) is 8. The first kappa shape index (κ1) is 24.5. The van der Waals surface area contributed by atoms with Crippen LogP contribution in [-0.2, 0) is 0 Å². The van der Waals surface area contributed by atoms with Crippen LogP contribution >= 0.6 is 0 Å². The minimum Gasteiger partial charge on any atom is -0.367 e. The van der Waals surface area contributed by atoms with Crippen molar-refractivity contribution in [2.24, 2.45) is 21.6 Å². The molecule has 2 aromatic rings. The van der Waals surface area contributed by atoms with Crippen molar-refractivity contribution in [1.82, 2.24) is 15.0 Å². The van der Waals surface area contributed by atoms with Crippen LogP contribution in [0.3, 0.4) is 0 Å². The number of nitrogens with one attached hydrogen (secondary N) is 1. The average Bonchev–Trinajstić information content (AvgIpc) is 3.62. The summed E-state index contributed by atoms with van der Waals surface area (Å²) in [6, 6.07) is 4.59. The molecular weight excluding hydrogens is 412 g/mol. The molecule has 0 saturated heterocycles. The molecule has 0 amide bonds. The van der Waals surface area contributed by atoms with E-state index in [-0.39, 0.29) is 0 Å². The van der Waals surface area contributed by atoms with E-state index in [1.807, 2.05) is 24.4 Å². The van der Waals surface area contributed by atoms with Crippen molar-refractivity contribution in [3.8, 4) is 0 Å². The first-order valence-electron chi connectivity index (χ1n) is 11.7. The van der Waals surface area contributed by atoms with E-state index in [0.29, 0.717) is 42.0 Å². The van der Waals surface area contributed by atoms with Gasteiger partial charge in [0, 0.05) is 36.6 Å². The lowest BCUT2D eigenvalue weighted by atomic mass is 10.1. The van der Waals surface area contributed by atoms with E-state index in [4.69, 9.17) is 10.7 Å². The van der Waals surface area contributed by atoms with Crippen molar-refractivity contribution in [1.29, 1.82) is 0 Å². The standard InChI is InChI=1S/C25H36N8/c1-17(2)16-33(18(3)4)22-13-24(30-15-21(22)27-5)31-23-10-12-28-25(32-23)19(7-6-11-26)14-29-20-8-9-20/h7,10,12-15,17-18,20H,5-6,8-9,11,16,26H2,1-4H3,(H,28,30,31,32)/b19-7+,29-14-. The quantitative estimate of drug-likeness (QED) is 0.453. The van der Waals surface area contributed by atoms with Crippen LogP contribution in [0.1, 0.15) is 52.8 Å². The smallest absolute Gasteiger partial charge is 0.162 e. The topological polar surface area (TPSA) is 105 Å². The zero-order chi connectivity index (χ0) is 23.8. The molecule has 0 aromatic carbocycles. The normalized spacial score (nSPS) is 14.3. The Morgan fingerprint density at radius 2 is 2.06 bits per heavy atom. The lowest BCUT2D eigenvalue weighted by molar-refractivity contribution is 0.571. The van der Waals surface area contributed by atoms with Crippen LogP contribution in [0.15, 0.2) is 40.6 Å². The van der Waals surface area contributed by atoms with Crippen molar-refractivity contribution < 1.29 is 0 Å². The fraction of sp³-hybridized carbons (Fsp3) is 0.480. The third-order valence-electron chi connectivity index (χ3n) is 5.20. The van der Waals surface area contributed by atoms with Gasteiger partial charge in [0.15, 0.2) is 5.82 Å². The number of allylic oxidation sites excluding steroid dienone is 1. The van der Waals surface area contributed by atoms with Gasteiger partial charge in [-0.05, 0) is 58.4 Å². The molecule has 1 aliphatic rings. The Hall–Kier alpha value is -3.13. The Kier molecular flexibility index (Phi) is 8.65. The molecule has 1 saturated carbocycles. The molecule has 0 spiro atoms. The van der Waals surface area contributed by atoms with Gasteiger partial charge in [-0.2, -0.15) is 0 Å². The zero-order valence-electron chi connectivity index (χ0n) is 20.2. The van der Waals surface area contributed by atoms with Crippen LogP contribution in [-0.4, -0.2) is 53.1 Å². The molecule has 2 aromatic heterocycles. The molecule has 0 aliphatic heterocycles. The summed E-state index contributed by atoms with van der Waals surface area (Å²) in [7, 11) is 0. The SMILES string of the molecule is C=Nc1cnc(Nc2ccnc(C(/C=N\C3CC3)=C/CCN)n2)cc1N(CC(C)C)C(C)C. The fourth-order valence-electron chi connectivity index (χ4n) is 3.39. The first-order chi connectivity index (χ1) is 15.9. The second-order valence-corrected chi connectivity index (χ2v) is 8.99. The van der Waals surface area contributed by atoms with E-state index in [9.17, 15) is 0 Å². The van der Waals surface area contributed by atoms with Gasteiger partial charge in [-0.25, -0.2) is 15.0 Å². The van der Waals surface area contributed by atoms with Crippen molar-refractivity contribution in [3.05, 3.63) is 36.4 Å². The van der Waals surface area contributed by atoms with E-state index in [1.165, 1.54) is 0 Å². The largest absolute Gasteiger partial charge is 0.367 e. The predicted octanol–water partition coefficient (Wildman–Crippen LogP) is 4.78. The summed E-state index contributed by atoms with van der Waals surface area (Å²) in [5, 5.41) is 3.32. The van der Waals surface area contributed by atoms with Gasteiger partial charge >= 0.3 is 0 Å². The van der Waals surface area contributed by atoms with E-state index in [0.717, 1.165) is 42.8 Å². The highest BCUT2D eigenvalue weighted by Gasteiger charge is 2.20. The lowest BCUT2D eigenvalue weighted by Gasteiger charge is -2.31. The van der Waals surface area contributed by atoms with Crippen LogP contribution in [0.4, 0.5) is 23.0 Å². The molecule has 3 rings (SSSR count). The van der Waals surface area contributed by atoms with Gasteiger partial charge in [-0.3, -0.25) is 9.98 Å². The maximum absolute atomic E-state index is 5.70. The molecule has 3 N–H and O–H groups in total. The van der Waals surface area contributed by atoms with Crippen molar-refractivity contribution in [2.45, 2.75) is 59.0 Å². The van der Waals surface area contributed by atoms with Gasteiger partial charge in [0.1, 0.15) is 17.3 Å². The molecule has 0 radical (unpaired) electrons.